The summed E-state index contributed by atoms with van der Waals surface area (Å²) in [4.78, 5) is 0. The number of rotatable bonds is 8. The van der Waals surface area contributed by atoms with Crippen molar-refractivity contribution in [2.45, 2.75) is 26.7 Å². The molecule has 1 rings (SSSR count). The Labute approximate surface area is 141 Å². The summed E-state index contributed by atoms with van der Waals surface area (Å²) in [5, 5.41) is 3.43. The first kappa shape index (κ1) is 17.5. The molecule has 1 aromatic rings. The largest absolute Gasteiger partial charge is 0.491 e. The van der Waals surface area contributed by atoms with Crippen molar-refractivity contribution >= 4 is 47.8 Å². The number of hydrogen-bond acceptors (Lipinski definition) is 2. The summed E-state index contributed by atoms with van der Waals surface area (Å²) in [6, 6.07) is 3.98. The van der Waals surface area contributed by atoms with E-state index in [0.29, 0.717) is 5.92 Å². The van der Waals surface area contributed by atoms with Crippen LogP contribution in [0.2, 0.25) is 0 Å². The van der Waals surface area contributed by atoms with E-state index in [1.165, 1.54) is 0 Å². The van der Waals surface area contributed by atoms with E-state index in [9.17, 15) is 0 Å². The summed E-state index contributed by atoms with van der Waals surface area (Å²) in [5.74, 6) is 1.59. The summed E-state index contributed by atoms with van der Waals surface area (Å²) in [7, 11) is 0. The Bertz CT molecular complexity index is 373. The first-order chi connectivity index (χ1) is 9.00. The van der Waals surface area contributed by atoms with Gasteiger partial charge >= 0.3 is 0 Å². The van der Waals surface area contributed by atoms with E-state index in [1.807, 2.05) is 12.1 Å². The summed E-state index contributed by atoms with van der Waals surface area (Å²) >= 11 is 10.5. The molecule has 0 saturated heterocycles. The van der Waals surface area contributed by atoms with Crippen LogP contribution < -0.4 is 10.1 Å². The minimum atomic E-state index is 0.714. The minimum Gasteiger partial charge on any atom is -0.491 e. The van der Waals surface area contributed by atoms with Gasteiger partial charge in [-0.15, -0.1) is 0 Å². The van der Waals surface area contributed by atoms with E-state index in [-0.39, 0.29) is 0 Å². The van der Waals surface area contributed by atoms with Crippen molar-refractivity contribution in [3.8, 4) is 5.75 Å². The Hall–Kier alpha value is 0.420. The van der Waals surface area contributed by atoms with Crippen LogP contribution in [0.15, 0.2) is 25.6 Å². The molecule has 0 bridgehead atoms. The van der Waals surface area contributed by atoms with Crippen molar-refractivity contribution in [1.29, 1.82) is 0 Å². The lowest BCUT2D eigenvalue weighted by Gasteiger charge is -2.11. The Kier molecular flexibility index (Phi) is 8.62. The fourth-order valence-electron chi connectivity index (χ4n) is 1.58. The highest BCUT2D eigenvalue weighted by Crippen LogP contribution is 2.36. The lowest BCUT2D eigenvalue weighted by molar-refractivity contribution is 0.302. The molecule has 0 fully saturated rings. The van der Waals surface area contributed by atoms with Gasteiger partial charge in [-0.05, 0) is 75.8 Å². The first-order valence-corrected chi connectivity index (χ1v) is 8.86. The van der Waals surface area contributed by atoms with Gasteiger partial charge in [0, 0.05) is 4.47 Å². The number of halogens is 3. The summed E-state index contributed by atoms with van der Waals surface area (Å²) in [5.41, 5.74) is 0. The fourth-order valence-corrected chi connectivity index (χ4v) is 4.07. The van der Waals surface area contributed by atoms with E-state index in [4.69, 9.17) is 4.74 Å². The highest BCUT2D eigenvalue weighted by molar-refractivity contribution is 9.11. The van der Waals surface area contributed by atoms with Crippen LogP contribution in [0.3, 0.4) is 0 Å². The molecule has 0 unspecified atom stereocenters. The molecule has 1 N–H and O–H groups in total. The highest BCUT2D eigenvalue weighted by Gasteiger charge is 2.07. The minimum absolute atomic E-state index is 0.714. The van der Waals surface area contributed by atoms with Crippen LogP contribution in [0.25, 0.3) is 0 Å². The van der Waals surface area contributed by atoms with Crippen LogP contribution in [0.1, 0.15) is 26.7 Å². The topological polar surface area (TPSA) is 21.3 Å². The van der Waals surface area contributed by atoms with E-state index >= 15 is 0 Å². The number of unbranched alkanes of at least 4 members (excludes halogenated alkanes) is 1. The summed E-state index contributed by atoms with van der Waals surface area (Å²) < 4.78 is 8.76. The van der Waals surface area contributed by atoms with Crippen molar-refractivity contribution in [2.24, 2.45) is 5.92 Å². The number of ether oxygens (including phenoxy) is 1. The maximum atomic E-state index is 5.81. The second kappa shape index (κ2) is 9.37. The second-order valence-corrected chi connectivity index (χ2v) is 7.48. The molecule has 108 valence electrons. The fraction of sp³-hybridized carbons (Fsp3) is 0.571. The molecule has 0 saturated carbocycles. The van der Waals surface area contributed by atoms with E-state index in [0.717, 1.165) is 51.7 Å². The molecule has 5 heteroatoms. The third kappa shape index (κ3) is 7.11. The van der Waals surface area contributed by atoms with Crippen LogP contribution in [-0.4, -0.2) is 19.7 Å². The van der Waals surface area contributed by atoms with E-state index in [2.05, 4.69) is 67.0 Å². The van der Waals surface area contributed by atoms with Gasteiger partial charge in [0.25, 0.3) is 0 Å². The van der Waals surface area contributed by atoms with Gasteiger partial charge in [-0.2, -0.15) is 0 Å². The molecule has 0 spiro atoms. The standard InChI is InChI=1S/C14H20Br3NO/c1-10(2)9-18-5-3-4-6-19-14-12(16)7-11(15)8-13(14)17/h7-8,10,18H,3-6,9H2,1-2H3. The van der Waals surface area contributed by atoms with Crippen molar-refractivity contribution in [3.05, 3.63) is 25.6 Å². The van der Waals surface area contributed by atoms with Crippen LogP contribution in [-0.2, 0) is 0 Å². The van der Waals surface area contributed by atoms with Gasteiger partial charge in [-0.25, -0.2) is 0 Å². The highest BCUT2D eigenvalue weighted by atomic mass is 79.9. The van der Waals surface area contributed by atoms with Gasteiger partial charge in [-0.1, -0.05) is 29.8 Å². The Morgan fingerprint density at radius 1 is 1.11 bits per heavy atom. The molecule has 0 aliphatic heterocycles. The van der Waals surface area contributed by atoms with E-state index in [1.54, 1.807) is 0 Å². The van der Waals surface area contributed by atoms with Gasteiger partial charge in [-0.3, -0.25) is 0 Å². The number of benzene rings is 1. The monoisotopic (exact) mass is 455 g/mol. The molecule has 2 nitrogen and oxygen atoms in total. The SMILES string of the molecule is CC(C)CNCCCCOc1c(Br)cc(Br)cc1Br. The van der Waals surface area contributed by atoms with Crippen molar-refractivity contribution in [1.82, 2.24) is 5.32 Å². The molecule has 0 heterocycles. The molecular formula is C14H20Br3NO. The maximum absolute atomic E-state index is 5.81. The van der Waals surface area contributed by atoms with Gasteiger partial charge < -0.3 is 10.1 Å². The van der Waals surface area contributed by atoms with Crippen molar-refractivity contribution < 1.29 is 4.74 Å². The lowest BCUT2D eigenvalue weighted by atomic mass is 10.2. The summed E-state index contributed by atoms with van der Waals surface area (Å²) in [6.45, 7) is 7.33. The quantitative estimate of drug-likeness (QED) is 0.529. The lowest BCUT2D eigenvalue weighted by Crippen LogP contribution is -2.21. The van der Waals surface area contributed by atoms with Crippen LogP contribution in [0.5, 0.6) is 5.75 Å². The van der Waals surface area contributed by atoms with Crippen LogP contribution >= 0.6 is 47.8 Å². The number of nitrogens with one attached hydrogen (secondary N) is 1. The number of hydrogen-bond donors (Lipinski definition) is 1. The Morgan fingerprint density at radius 2 is 1.74 bits per heavy atom. The van der Waals surface area contributed by atoms with Gasteiger partial charge in [0.2, 0.25) is 0 Å². The molecule has 1 aromatic carbocycles. The maximum Gasteiger partial charge on any atom is 0.147 e. The molecule has 0 radical (unpaired) electrons. The molecule has 0 aliphatic rings. The zero-order valence-corrected chi connectivity index (χ0v) is 16.1. The van der Waals surface area contributed by atoms with Gasteiger partial charge in [0.1, 0.15) is 5.75 Å². The third-order valence-electron chi connectivity index (χ3n) is 2.51. The predicted molar refractivity (Wildman–Crippen MR) is 92.0 cm³/mol. The zero-order valence-electron chi connectivity index (χ0n) is 11.3. The summed E-state index contributed by atoms with van der Waals surface area (Å²) in [6.07, 6.45) is 2.19. The molecular weight excluding hydrogens is 438 g/mol. The zero-order chi connectivity index (χ0) is 14.3. The smallest absolute Gasteiger partial charge is 0.147 e. The second-order valence-electron chi connectivity index (χ2n) is 4.85. The van der Waals surface area contributed by atoms with Gasteiger partial charge in [0.15, 0.2) is 0 Å². The molecule has 0 atom stereocenters. The predicted octanol–water partition coefficient (Wildman–Crippen LogP) is 5.38. The average molecular weight is 458 g/mol. The molecule has 0 aliphatic carbocycles. The molecule has 0 aromatic heterocycles. The first-order valence-electron chi connectivity index (χ1n) is 6.48. The molecule has 0 amide bonds. The van der Waals surface area contributed by atoms with Crippen molar-refractivity contribution in [3.63, 3.8) is 0 Å². The van der Waals surface area contributed by atoms with Crippen LogP contribution in [0, 0.1) is 5.92 Å². The average Bonchev–Trinajstić information content (AvgIpc) is 2.30. The third-order valence-corrected chi connectivity index (χ3v) is 4.15. The van der Waals surface area contributed by atoms with Crippen LogP contribution in [0.4, 0.5) is 0 Å². The van der Waals surface area contributed by atoms with Gasteiger partial charge in [0.05, 0.1) is 15.6 Å². The van der Waals surface area contributed by atoms with Crippen molar-refractivity contribution in [2.75, 3.05) is 19.7 Å². The van der Waals surface area contributed by atoms with E-state index < -0.39 is 0 Å². The Balaban J connectivity index is 2.23. The Morgan fingerprint density at radius 3 is 2.32 bits per heavy atom. The normalized spacial score (nSPS) is 11.1. The molecule has 19 heavy (non-hydrogen) atoms.